The number of hydrogen-bond donors (Lipinski definition) is 2. The molecule has 3 aromatic carbocycles. The van der Waals surface area contributed by atoms with E-state index in [4.69, 9.17) is 4.74 Å². The number of aromatic amines is 1. The lowest BCUT2D eigenvalue weighted by Crippen LogP contribution is -2.59. The van der Waals surface area contributed by atoms with Gasteiger partial charge in [-0.3, -0.25) is 14.4 Å². The van der Waals surface area contributed by atoms with Crippen molar-refractivity contribution in [2.75, 3.05) is 13.1 Å². The lowest BCUT2D eigenvalue weighted by Gasteiger charge is -2.39. The van der Waals surface area contributed by atoms with Crippen molar-refractivity contribution >= 4 is 28.6 Å². The molecular formula is C34H36N4O4. The van der Waals surface area contributed by atoms with Gasteiger partial charge >= 0.3 is 0 Å². The van der Waals surface area contributed by atoms with Crippen molar-refractivity contribution in [2.24, 2.45) is 11.3 Å². The number of nitrogens with one attached hydrogen (secondary N) is 2. The molecule has 8 nitrogen and oxygen atoms in total. The second-order valence-electron chi connectivity index (χ2n) is 12.4. The van der Waals surface area contributed by atoms with Gasteiger partial charge in [-0.1, -0.05) is 64.1 Å². The number of benzene rings is 3. The van der Waals surface area contributed by atoms with Gasteiger partial charge in [-0.15, -0.1) is 0 Å². The van der Waals surface area contributed by atoms with Crippen molar-refractivity contribution in [1.82, 2.24) is 20.1 Å². The minimum Gasteiger partial charge on any atom is -0.457 e. The summed E-state index contributed by atoms with van der Waals surface area (Å²) in [5.41, 5.74) is 1.37. The van der Waals surface area contributed by atoms with E-state index in [1.54, 1.807) is 30.3 Å². The third-order valence-corrected chi connectivity index (χ3v) is 8.57. The molecule has 0 radical (unpaired) electrons. The number of hydrogen-bond acceptors (Lipinski definition) is 4. The maximum Gasteiger partial charge on any atom is 0.268 e. The van der Waals surface area contributed by atoms with Crippen molar-refractivity contribution in [3.63, 3.8) is 0 Å². The van der Waals surface area contributed by atoms with Crippen molar-refractivity contribution in [3.8, 4) is 11.5 Å². The molecule has 2 bridgehead atoms. The van der Waals surface area contributed by atoms with E-state index in [-0.39, 0.29) is 35.7 Å². The Balaban J connectivity index is 1.13. The monoisotopic (exact) mass is 564 g/mol. The summed E-state index contributed by atoms with van der Waals surface area (Å²) >= 11 is 0. The minimum absolute atomic E-state index is 0.0489. The Morgan fingerprint density at radius 2 is 1.48 bits per heavy atom. The fraction of sp³-hybridized carbons (Fsp3) is 0.324. The smallest absolute Gasteiger partial charge is 0.268 e. The van der Waals surface area contributed by atoms with Gasteiger partial charge in [-0.05, 0) is 53.9 Å². The zero-order valence-electron chi connectivity index (χ0n) is 24.3. The highest BCUT2D eigenvalue weighted by atomic mass is 16.5. The number of nitrogens with zero attached hydrogens (tertiary/aromatic N) is 2. The number of fused-ring (bicyclic) bond motifs is 3. The van der Waals surface area contributed by atoms with Gasteiger partial charge in [-0.2, -0.15) is 0 Å². The van der Waals surface area contributed by atoms with E-state index in [0.717, 1.165) is 16.7 Å². The maximum atomic E-state index is 14.0. The number of para-hydroxylation sites is 2. The molecule has 2 N–H and O–H groups in total. The quantitative estimate of drug-likeness (QED) is 0.325. The van der Waals surface area contributed by atoms with Crippen LogP contribution in [0.2, 0.25) is 0 Å². The van der Waals surface area contributed by atoms with E-state index < -0.39 is 11.5 Å². The lowest BCUT2D eigenvalue weighted by atomic mass is 9.85. The van der Waals surface area contributed by atoms with E-state index in [2.05, 4.69) is 17.2 Å². The molecule has 6 rings (SSSR count). The highest BCUT2D eigenvalue weighted by molar-refractivity contribution is 6.00. The molecular weight excluding hydrogens is 528 g/mol. The highest BCUT2D eigenvalue weighted by Crippen LogP contribution is 2.38. The Morgan fingerprint density at radius 1 is 0.857 bits per heavy atom. The maximum absolute atomic E-state index is 14.0. The SMILES string of the molecule is CC1C2CN(C(=O)C(NC(=O)c3cc4ccccc4[nH]3)C(C)(C)C)C1CN2C(=O)c1ccc(Oc2ccccc2)cc1. The van der Waals surface area contributed by atoms with Gasteiger partial charge in [-0.25, -0.2) is 0 Å². The summed E-state index contributed by atoms with van der Waals surface area (Å²) in [6, 6.07) is 25.3. The Hall–Kier alpha value is -4.59. The van der Waals surface area contributed by atoms with Crippen LogP contribution < -0.4 is 10.1 Å². The van der Waals surface area contributed by atoms with Gasteiger partial charge in [0, 0.05) is 35.5 Å². The van der Waals surface area contributed by atoms with Crippen LogP contribution in [-0.4, -0.2) is 63.7 Å². The molecule has 2 aliphatic rings. The number of H-pyrrole nitrogens is 1. The molecule has 1 aromatic heterocycles. The number of piperazine rings is 1. The number of rotatable bonds is 6. The first kappa shape index (κ1) is 27.6. The van der Waals surface area contributed by atoms with Crippen molar-refractivity contribution in [3.05, 3.63) is 96.2 Å². The van der Waals surface area contributed by atoms with Gasteiger partial charge in [0.15, 0.2) is 0 Å². The van der Waals surface area contributed by atoms with Gasteiger partial charge < -0.3 is 24.8 Å². The molecule has 3 amide bonds. The third kappa shape index (κ3) is 5.13. The molecule has 42 heavy (non-hydrogen) atoms. The Bertz CT molecular complexity index is 1590. The summed E-state index contributed by atoms with van der Waals surface area (Å²) in [5, 5.41) is 3.95. The van der Waals surface area contributed by atoms with Crippen LogP contribution in [0.4, 0.5) is 0 Å². The van der Waals surface area contributed by atoms with Crippen LogP contribution in [0.25, 0.3) is 10.9 Å². The van der Waals surface area contributed by atoms with Crippen LogP contribution in [0, 0.1) is 11.3 Å². The summed E-state index contributed by atoms with van der Waals surface area (Å²) in [6.07, 6.45) is 0. The molecule has 0 saturated carbocycles. The Labute approximate surface area is 245 Å². The van der Waals surface area contributed by atoms with Gasteiger partial charge in [0.05, 0.1) is 12.1 Å². The zero-order chi connectivity index (χ0) is 29.6. The van der Waals surface area contributed by atoms with Crippen molar-refractivity contribution < 1.29 is 19.1 Å². The highest BCUT2D eigenvalue weighted by Gasteiger charge is 2.54. The second kappa shape index (κ2) is 10.7. The molecule has 3 heterocycles. The van der Waals surface area contributed by atoms with Gasteiger partial charge in [0.1, 0.15) is 23.2 Å². The standard InChI is InChI=1S/C34H36N4O4/c1-21-28-20-38(33(41)30(34(2,3)4)36-31(39)27-18-23-10-8-9-13-26(23)35-27)29(21)19-37(28)32(40)22-14-16-25(17-15-22)42-24-11-6-5-7-12-24/h5-18,21,28-30,35H,19-20H2,1-4H3,(H,36,39). The summed E-state index contributed by atoms with van der Waals surface area (Å²) in [7, 11) is 0. The number of amides is 3. The van der Waals surface area contributed by atoms with E-state index in [0.29, 0.717) is 30.1 Å². The number of carbonyl (C=O) groups is 3. The van der Waals surface area contributed by atoms with Crippen LogP contribution in [0.15, 0.2) is 84.9 Å². The topological polar surface area (TPSA) is 94.7 Å². The molecule has 4 atom stereocenters. The van der Waals surface area contributed by atoms with Gasteiger partial charge in [0.2, 0.25) is 5.91 Å². The fourth-order valence-corrected chi connectivity index (χ4v) is 6.19. The first-order chi connectivity index (χ1) is 20.1. The van der Waals surface area contributed by atoms with Crippen LogP contribution in [0.1, 0.15) is 48.5 Å². The number of ether oxygens (including phenoxy) is 1. The summed E-state index contributed by atoms with van der Waals surface area (Å²) in [6.45, 7) is 8.88. The van der Waals surface area contributed by atoms with Gasteiger partial charge in [0.25, 0.3) is 11.8 Å². The first-order valence-electron chi connectivity index (χ1n) is 14.4. The molecule has 0 spiro atoms. The molecule has 4 unspecified atom stereocenters. The predicted octanol–water partition coefficient (Wildman–Crippen LogP) is 5.48. The summed E-state index contributed by atoms with van der Waals surface area (Å²) in [4.78, 5) is 47.7. The average molecular weight is 565 g/mol. The number of carbonyl (C=O) groups excluding carboxylic acids is 3. The number of aromatic nitrogens is 1. The van der Waals surface area contributed by atoms with Crippen LogP contribution >= 0.6 is 0 Å². The summed E-state index contributed by atoms with van der Waals surface area (Å²) < 4.78 is 5.87. The largest absolute Gasteiger partial charge is 0.457 e. The van der Waals surface area contributed by atoms with E-state index in [1.165, 1.54) is 0 Å². The van der Waals surface area contributed by atoms with Crippen molar-refractivity contribution in [1.29, 1.82) is 0 Å². The van der Waals surface area contributed by atoms with Crippen LogP contribution in [0.5, 0.6) is 11.5 Å². The van der Waals surface area contributed by atoms with E-state index in [9.17, 15) is 14.4 Å². The molecule has 4 aromatic rings. The molecule has 2 saturated heterocycles. The average Bonchev–Trinajstić information content (AvgIpc) is 3.66. The first-order valence-corrected chi connectivity index (χ1v) is 14.4. The lowest BCUT2D eigenvalue weighted by molar-refractivity contribution is -0.138. The Morgan fingerprint density at radius 3 is 2.12 bits per heavy atom. The van der Waals surface area contributed by atoms with Crippen LogP contribution in [-0.2, 0) is 4.79 Å². The predicted molar refractivity (Wildman–Crippen MR) is 161 cm³/mol. The minimum atomic E-state index is -0.718. The van der Waals surface area contributed by atoms with E-state index >= 15 is 0 Å². The molecule has 0 aliphatic carbocycles. The van der Waals surface area contributed by atoms with Crippen molar-refractivity contribution in [2.45, 2.75) is 45.8 Å². The molecule has 2 fully saturated rings. The second-order valence-corrected chi connectivity index (χ2v) is 12.4. The normalized spacial score (nSPS) is 20.5. The van der Waals surface area contributed by atoms with Crippen LogP contribution in [0.3, 0.4) is 0 Å². The van der Waals surface area contributed by atoms with E-state index in [1.807, 2.05) is 85.2 Å². The molecule has 8 heteroatoms. The number of likely N-dealkylation sites (tertiary alicyclic amines) is 2. The molecule has 2 aliphatic heterocycles. The third-order valence-electron chi connectivity index (χ3n) is 8.57. The molecule has 216 valence electrons. The Kier molecular flexibility index (Phi) is 7.01. The summed E-state index contributed by atoms with van der Waals surface area (Å²) in [5.74, 6) is 1.05. The zero-order valence-corrected chi connectivity index (χ0v) is 24.3. The fourth-order valence-electron chi connectivity index (χ4n) is 6.19.